The van der Waals surface area contributed by atoms with E-state index in [9.17, 15) is 46.3 Å². The first-order chi connectivity index (χ1) is 28.7. The molecule has 14 nitrogen and oxygen atoms in total. The first kappa shape index (κ1) is 46.1. The van der Waals surface area contributed by atoms with E-state index in [-0.39, 0.29) is 68.6 Å². The van der Waals surface area contributed by atoms with Crippen molar-refractivity contribution in [2.24, 2.45) is 5.92 Å². The van der Waals surface area contributed by atoms with E-state index in [0.717, 1.165) is 44.7 Å². The van der Waals surface area contributed by atoms with Crippen molar-refractivity contribution in [2.45, 2.75) is 95.5 Å². The van der Waals surface area contributed by atoms with Crippen LogP contribution in [-0.2, 0) is 61.5 Å². The molecule has 0 bridgehead atoms. The van der Waals surface area contributed by atoms with E-state index < -0.39 is 60.5 Å². The number of halogens is 4. The summed E-state index contributed by atoms with van der Waals surface area (Å²) in [5.41, 5.74) is -0.346. The fourth-order valence-corrected chi connectivity index (χ4v) is 7.49. The standard InChI is InChI=1S/C42H52F4N4O10/c1-28(42(44,45)46)49(25-29-8-10-32(43)11-9-29)38(54)26-50-39(55)41(60-40(50)56)17-16-31-24-33(12-13-34(31)41)48-37(53)15-14-36(52)47-18-19-57-20-21-58-22-23-59-27-35(51)30-6-4-2-3-5-7-30/h8-13,24,28,30H,2-7,14-23,25-27H2,1H3,(H,47,52)(H,48,53)/t28-,41?/m0/s1. The maximum atomic E-state index is 13.8. The van der Waals surface area contributed by atoms with E-state index >= 15 is 0 Å². The molecule has 2 fully saturated rings. The van der Waals surface area contributed by atoms with Crippen LogP contribution in [0.2, 0.25) is 0 Å². The highest BCUT2D eigenvalue weighted by molar-refractivity contribution is 6.06. The summed E-state index contributed by atoms with van der Waals surface area (Å²) in [6.45, 7) is 1.07. The van der Waals surface area contributed by atoms with Crippen LogP contribution < -0.4 is 10.6 Å². The zero-order chi connectivity index (χ0) is 43.3. The number of benzene rings is 2. The summed E-state index contributed by atoms with van der Waals surface area (Å²) in [7, 11) is 0. The number of carbonyl (C=O) groups excluding carboxylic acids is 6. The number of hydrogen-bond donors (Lipinski definition) is 2. The Morgan fingerprint density at radius 2 is 1.55 bits per heavy atom. The zero-order valence-electron chi connectivity index (χ0n) is 33.6. The zero-order valence-corrected chi connectivity index (χ0v) is 33.6. The molecule has 2 aromatic carbocycles. The molecule has 18 heteroatoms. The van der Waals surface area contributed by atoms with Crippen molar-refractivity contribution in [1.29, 1.82) is 0 Å². The number of rotatable bonds is 21. The largest absolute Gasteiger partial charge is 0.427 e. The lowest BCUT2D eigenvalue weighted by molar-refractivity contribution is -0.187. The molecule has 1 unspecified atom stereocenters. The lowest BCUT2D eigenvalue weighted by Gasteiger charge is -2.31. The van der Waals surface area contributed by atoms with Gasteiger partial charge in [0.25, 0.3) is 5.91 Å². The summed E-state index contributed by atoms with van der Waals surface area (Å²) in [6, 6.07) is 6.83. The average molecular weight is 849 g/mol. The van der Waals surface area contributed by atoms with Gasteiger partial charge in [-0.05, 0) is 61.6 Å². The van der Waals surface area contributed by atoms with Gasteiger partial charge in [0.05, 0.1) is 33.0 Å². The average Bonchev–Trinajstić information content (AvgIpc) is 3.51. The molecule has 2 N–H and O–H groups in total. The highest BCUT2D eigenvalue weighted by atomic mass is 19.4. The molecule has 2 aliphatic carbocycles. The molecular formula is C42H52F4N4O10. The Balaban J connectivity index is 0.994. The van der Waals surface area contributed by atoms with E-state index in [4.69, 9.17) is 18.9 Å². The van der Waals surface area contributed by atoms with Crippen LogP contribution in [-0.4, -0.2) is 110 Å². The summed E-state index contributed by atoms with van der Waals surface area (Å²) in [5, 5.41) is 5.38. The molecule has 0 aromatic heterocycles. The number of Topliss-reactive ketones (excluding diaryl/α,β-unsaturated/α-hetero) is 1. The highest BCUT2D eigenvalue weighted by Gasteiger charge is 2.58. The Hall–Kier alpha value is -4.94. The van der Waals surface area contributed by atoms with Crippen molar-refractivity contribution in [1.82, 2.24) is 15.1 Å². The second kappa shape index (κ2) is 21.5. The Morgan fingerprint density at radius 3 is 2.23 bits per heavy atom. The molecule has 2 atom stereocenters. The molecule has 1 heterocycles. The quantitative estimate of drug-likeness (QED) is 0.0949. The normalized spacial score (nSPS) is 18.5. The number of fused-ring (bicyclic) bond motifs is 2. The van der Waals surface area contributed by atoms with Crippen LogP contribution in [0.4, 0.5) is 28.0 Å². The van der Waals surface area contributed by atoms with Crippen LogP contribution in [0.25, 0.3) is 0 Å². The van der Waals surface area contributed by atoms with Crippen molar-refractivity contribution >= 4 is 41.2 Å². The summed E-state index contributed by atoms with van der Waals surface area (Å²) in [5.74, 6) is -3.21. The van der Waals surface area contributed by atoms with Gasteiger partial charge in [-0.1, -0.05) is 43.9 Å². The molecule has 0 radical (unpaired) electrons. The topological polar surface area (TPSA) is 170 Å². The number of nitrogens with zero attached hydrogens (tertiary/aromatic N) is 2. The number of hydrogen-bond acceptors (Lipinski definition) is 10. The van der Waals surface area contributed by atoms with Crippen molar-refractivity contribution in [3.63, 3.8) is 0 Å². The predicted octanol–water partition coefficient (Wildman–Crippen LogP) is 5.35. The molecule has 5 rings (SSSR count). The number of nitrogens with one attached hydrogen (secondary N) is 2. The minimum absolute atomic E-state index is 0.00258. The third-order valence-electron chi connectivity index (χ3n) is 10.9. The van der Waals surface area contributed by atoms with E-state index in [1.165, 1.54) is 37.1 Å². The minimum Gasteiger partial charge on any atom is -0.427 e. The van der Waals surface area contributed by atoms with Crippen LogP contribution in [0, 0.1) is 11.7 Å². The molecular weight excluding hydrogens is 796 g/mol. The summed E-state index contributed by atoms with van der Waals surface area (Å²) < 4.78 is 76.6. The molecule has 3 aliphatic rings. The summed E-state index contributed by atoms with van der Waals surface area (Å²) in [4.78, 5) is 78.1. The second-order valence-corrected chi connectivity index (χ2v) is 15.2. The first-order valence-corrected chi connectivity index (χ1v) is 20.3. The third-order valence-corrected chi connectivity index (χ3v) is 10.9. The van der Waals surface area contributed by atoms with Gasteiger partial charge in [-0.15, -0.1) is 0 Å². The van der Waals surface area contributed by atoms with E-state index in [1.54, 1.807) is 6.07 Å². The van der Waals surface area contributed by atoms with Gasteiger partial charge in [0, 0.05) is 49.5 Å². The van der Waals surface area contributed by atoms with E-state index in [0.29, 0.717) is 53.0 Å². The number of alkyl halides is 3. The molecule has 1 aliphatic heterocycles. The van der Waals surface area contributed by atoms with Gasteiger partial charge in [-0.2, -0.15) is 13.2 Å². The van der Waals surface area contributed by atoms with Gasteiger partial charge in [0.1, 0.15) is 25.0 Å². The molecule has 1 spiro atoms. The number of ketones is 1. The van der Waals surface area contributed by atoms with Gasteiger partial charge >= 0.3 is 12.3 Å². The lowest BCUT2D eigenvalue weighted by Crippen LogP contribution is -2.51. The molecule has 328 valence electrons. The highest BCUT2D eigenvalue weighted by Crippen LogP contribution is 2.46. The number of ether oxygens (including phenoxy) is 4. The number of amides is 5. The smallest absolute Gasteiger partial charge is 0.418 e. The van der Waals surface area contributed by atoms with Crippen molar-refractivity contribution in [3.8, 4) is 0 Å². The monoisotopic (exact) mass is 848 g/mol. The van der Waals surface area contributed by atoms with Crippen LogP contribution in [0.1, 0.15) is 81.4 Å². The molecule has 60 heavy (non-hydrogen) atoms. The van der Waals surface area contributed by atoms with Crippen molar-refractivity contribution in [3.05, 3.63) is 65.0 Å². The predicted molar refractivity (Wildman–Crippen MR) is 207 cm³/mol. The molecule has 5 amide bonds. The maximum absolute atomic E-state index is 13.8. The number of carbonyl (C=O) groups is 6. The second-order valence-electron chi connectivity index (χ2n) is 15.2. The van der Waals surface area contributed by atoms with Crippen LogP contribution in [0.3, 0.4) is 0 Å². The Morgan fingerprint density at radius 1 is 0.900 bits per heavy atom. The number of anilines is 1. The van der Waals surface area contributed by atoms with Crippen LogP contribution >= 0.6 is 0 Å². The van der Waals surface area contributed by atoms with Crippen LogP contribution in [0.5, 0.6) is 0 Å². The van der Waals surface area contributed by atoms with Gasteiger partial charge in [-0.25, -0.2) is 14.1 Å². The number of aryl methyl sites for hydroxylation is 1. The van der Waals surface area contributed by atoms with Gasteiger partial charge in [-0.3, -0.25) is 24.0 Å². The molecule has 1 saturated heterocycles. The van der Waals surface area contributed by atoms with Gasteiger partial charge in [0.15, 0.2) is 5.78 Å². The van der Waals surface area contributed by atoms with Crippen molar-refractivity contribution < 1.29 is 65.3 Å². The Labute approximate surface area is 345 Å². The fourth-order valence-electron chi connectivity index (χ4n) is 7.49. The molecule has 2 aromatic rings. The number of imide groups is 1. The van der Waals surface area contributed by atoms with E-state index in [2.05, 4.69) is 10.6 Å². The lowest BCUT2D eigenvalue weighted by atomic mass is 9.94. The summed E-state index contributed by atoms with van der Waals surface area (Å²) >= 11 is 0. The van der Waals surface area contributed by atoms with Crippen molar-refractivity contribution in [2.75, 3.05) is 58.0 Å². The first-order valence-electron chi connectivity index (χ1n) is 20.3. The third kappa shape index (κ3) is 12.5. The SMILES string of the molecule is C[C@H](N(Cc1ccc(F)cc1)C(=O)CN1C(=O)OC2(CCc3cc(NC(=O)CCC(=O)NCCOCCOCCOCC(=O)C4CCCCCC4)ccc32)C1=O)C(F)(F)F. The molecule has 1 saturated carbocycles. The van der Waals surface area contributed by atoms with Gasteiger partial charge in [0.2, 0.25) is 23.3 Å². The Kier molecular flexibility index (Phi) is 16.6. The van der Waals surface area contributed by atoms with E-state index in [1.807, 2.05) is 0 Å². The van der Waals surface area contributed by atoms with Crippen LogP contribution in [0.15, 0.2) is 42.5 Å². The fraction of sp³-hybridized carbons (Fsp3) is 0.571. The summed E-state index contributed by atoms with van der Waals surface area (Å²) in [6.07, 6.45) is 0.485. The minimum atomic E-state index is -4.83. The van der Waals surface area contributed by atoms with Gasteiger partial charge < -0.3 is 34.5 Å². The maximum Gasteiger partial charge on any atom is 0.418 e. The Bertz CT molecular complexity index is 1840.